The molecule has 0 heterocycles. The molecule has 102 valence electrons. The highest BCUT2D eigenvalue weighted by Gasteiger charge is 2.21. The van der Waals surface area contributed by atoms with E-state index in [4.69, 9.17) is 10.5 Å². The number of nitrogens with two attached hydrogens (primary N) is 1. The third-order valence-corrected chi connectivity index (χ3v) is 2.98. The molecule has 1 aliphatic rings. The summed E-state index contributed by atoms with van der Waals surface area (Å²) in [6.45, 7) is 0.481. The Morgan fingerprint density at radius 2 is 1.95 bits per heavy atom. The van der Waals surface area contributed by atoms with E-state index in [9.17, 15) is 9.59 Å². The molecule has 5 nitrogen and oxygen atoms in total. The van der Waals surface area contributed by atoms with Crippen LogP contribution in [0.15, 0.2) is 24.3 Å². The van der Waals surface area contributed by atoms with Gasteiger partial charge in [-0.3, -0.25) is 9.59 Å². The number of hydrogen-bond donors (Lipinski definition) is 2. The highest BCUT2D eigenvalue weighted by Crippen LogP contribution is 2.27. The number of hydrogen-bond acceptors (Lipinski definition) is 4. The molecule has 1 saturated carbocycles. The number of carbonyl (C=O) groups excluding carboxylic acids is 2. The van der Waals surface area contributed by atoms with E-state index >= 15 is 0 Å². The van der Waals surface area contributed by atoms with Crippen LogP contribution < -0.4 is 11.1 Å². The van der Waals surface area contributed by atoms with Crippen LogP contribution in [0.5, 0.6) is 0 Å². The fourth-order valence-corrected chi connectivity index (χ4v) is 1.63. The summed E-state index contributed by atoms with van der Waals surface area (Å²) in [5.41, 5.74) is 7.02. The quantitative estimate of drug-likeness (QED) is 0.589. The van der Waals surface area contributed by atoms with E-state index in [1.165, 1.54) is 12.8 Å². The number of rotatable bonds is 6. The lowest BCUT2D eigenvalue weighted by molar-refractivity contribution is -0.147. The van der Waals surface area contributed by atoms with Crippen LogP contribution in [-0.2, 0) is 20.7 Å². The largest absolute Gasteiger partial charge is 0.455 e. The van der Waals surface area contributed by atoms with Crippen LogP contribution in [0.3, 0.4) is 0 Å². The van der Waals surface area contributed by atoms with E-state index in [2.05, 4.69) is 5.32 Å². The first kappa shape index (κ1) is 13.4. The van der Waals surface area contributed by atoms with Crippen LogP contribution in [0.4, 0.5) is 5.69 Å². The summed E-state index contributed by atoms with van der Waals surface area (Å²) in [4.78, 5) is 22.9. The molecule has 1 amide bonds. The fourth-order valence-electron chi connectivity index (χ4n) is 1.63. The minimum absolute atomic E-state index is 0.149. The van der Waals surface area contributed by atoms with Gasteiger partial charge in [-0.25, -0.2) is 0 Å². The molecule has 2 rings (SSSR count). The summed E-state index contributed by atoms with van der Waals surface area (Å²) in [6, 6.07) is 6.99. The van der Waals surface area contributed by atoms with Crippen LogP contribution in [0, 0.1) is 5.92 Å². The molecule has 3 N–H and O–H groups in total. The van der Waals surface area contributed by atoms with Crippen LogP contribution in [0.25, 0.3) is 0 Å². The first-order valence-electron chi connectivity index (χ1n) is 6.40. The normalized spacial score (nSPS) is 13.9. The molecule has 0 atom stereocenters. The van der Waals surface area contributed by atoms with Crippen molar-refractivity contribution in [1.29, 1.82) is 0 Å². The van der Waals surface area contributed by atoms with Gasteiger partial charge in [0.05, 0.1) is 6.42 Å². The summed E-state index contributed by atoms with van der Waals surface area (Å²) < 4.78 is 4.91. The van der Waals surface area contributed by atoms with Gasteiger partial charge < -0.3 is 15.8 Å². The van der Waals surface area contributed by atoms with Gasteiger partial charge in [-0.15, -0.1) is 0 Å². The standard InChI is InChI=1S/C14H18N2O3/c15-12-5-3-10(4-6-12)7-14(18)19-9-13(17)16-8-11-1-2-11/h3-6,11H,1-2,7-9,15H2,(H,16,17). The van der Waals surface area contributed by atoms with E-state index in [0.717, 1.165) is 5.56 Å². The van der Waals surface area contributed by atoms with Crippen LogP contribution in [0.1, 0.15) is 18.4 Å². The maximum absolute atomic E-state index is 11.5. The monoisotopic (exact) mass is 262 g/mol. The van der Waals surface area contributed by atoms with E-state index in [-0.39, 0.29) is 18.9 Å². The third kappa shape index (κ3) is 4.99. The predicted molar refractivity (Wildman–Crippen MR) is 71.3 cm³/mol. The first-order chi connectivity index (χ1) is 9.13. The molecule has 5 heteroatoms. The van der Waals surface area contributed by atoms with Gasteiger partial charge in [0.25, 0.3) is 5.91 Å². The predicted octanol–water partition coefficient (Wildman–Crippen LogP) is 0.881. The molecule has 1 aromatic carbocycles. The summed E-state index contributed by atoms with van der Waals surface area (Å²) >= 11 is 0. The molecular weight excluding hydrogens is 244 g/mol. The molecule has 1 aliphatic carbocycles. The highest BCUT2D eigenvalue weighted by atomic mass is 16.5. The number of nitrogens with one attached hydrogen (secondary N) is 1. The van der Waals surface area contributed by atoms with Crippen LogP contribution >= 0.6 is 0 Å². The van der Waals surface area contributed by atoms with Crippen molar-refractivity contribution in [3.63, 3.8) is 0 Å². The molecule has 0 aliphatic heterocycles. The van der Waals surface area contributed by atoms with E-state index in [1.54, 1.807) is 24.3 Å². The number of amides is 1. The van der Waals surface area contributed by atoms with E-state index in [0.29, 0.717) is 18.2 Å². The summed E-state index contributed by atoms with van der Waals surface area (Å²) in [7, 11) is 0. The lowest BCUT2D eigenvalue weighted by Gasteiger charge is -2.06. The second-order valence-corrected chi connectivity index (χ2v) is 4.83. The van der Waals surface area contributed by atoms with Gasteiger partial charge in [0.1, 0.15) is 0 Å². The third-order valence-electron chi connectivity index (χ3n) is 2.98. The van der Waals surface area contributed by atoms with Crippen molar-refractivity contribution in [2.75, 3.05) is 18.9 Å². The Morgan fingerprint density at radius 1 is 1.26 bits per heavy atom. The van der Waals surface area contributed by atoms with E-state index in [1.807, 2.05) is 0 Å². The van der Waals surface area contributed by atoms with Crippen molar-refractivity contribution in [2.24, 2.45) is 5.92 Å². The summed E-state index contributed by atoms with van der Waals surface area (Å²) in [5.74, 6) is -0.0293. The molecule has 1 fully saturated rings. The summed E-state index contributed by atoms with van der Waals surface area (Å²) in [6.07, 6.45) is 2.50. The minimum atomic E-state index is -0.411. The summed E-state index contributed by atoms with van der Waals surface area (Å²) in [5, 5.41) is 2.74. The van der Waals surface area contributed by atoms with Gasteiger partial charge in [-0.05, 0) is 36.5 Å². The number of anilines is 1. The molecule has 0 bridgehead atoms. The SMILES string of the molecule is Nc1ccc(CC(=O)OCC(=O)NCC2CC2)cc1. The number of ether oxygens (including phenoxy) is 1. The second kappa shape index (κ2) is 6.22. The van der Waals surface area contributed by atoms with Gasteiger partial charge >= 0.3 is 5.97 Å². The Hall–Kier alpha value is -2.04. The smallest absolute Gasteiger partial charge is 0.310 e. The maximum Gasteiger partial charge on any atom is 0.310 e. The molecule has 0 saturated heterocycles. The number of esters is 1. The Morgan fingerprint density at radius 3 is 2.58 bits per heavy atom. The van der Waals surface area contributed by atoms with Crippen molar-refractivity contribution in [2.45, 2.75) is 19.3 Å². The second-order valence-electron chi connectivity index (χ2n) is 4.83. The Kier molecular flexibility index (Phi) is 4.39. The lowest BCUT2D eigenvalue weighted by Crippen LogP contribution is -2.30. The van der Waals surface area contributed by atoms with Crippen molar-refractivity contribution < 1.29 is 14.3 Å². The van der Waals surface area contributed by atoms with Crippen molar-refractivity contribution in [3.05, 3.63) is 29.8 Å². The van der Waals surface area contributed by atoms with Crippen molar-refractivity contribution in [3.8, 4) is 0 Å². The van der Waals surface area contributed by atoms with Crippen LogP contribution in [-0.4, -0.2) is 25.0 Å². The number of benzene rings is 1. The first-order valence-corrected chi connectivity index (χ1v) is 6.40. The molecule has 0 radical (unpaired) electrons. The van der Waals surface area contributed by atoms with Crippen LogP contribution in [0.2, 0.25) is 0 Å². The van der Waals surface area contributed by atoms with Crippen molar-refractivity contribution >= 4 is 17.6 Å². The fraction of sp³-hybridized carbons (Fsp3) is 0.429. The number of nitrogen functional groups attached to an aromatic ring is 1. The molecule has 1 aromatic rings. The average Bonchev–Trinajstić information content (AvgIpc) is 3.21. The van der Waals surface area contributed by atoms with E-state index < -0.39 is 5.97 Å². The maximum atomic E-state index is 11.5. The molecule has 0 unspecified atom stereocenters. The van der Waals surface area contributed by atoms with Gasteiger partial charge in [0.2, 0.25) is 0 Å². The Balaban J connectivity index is 1.65. The zero-order valence-corrected chi connectivity index (χ0v) is 10.7. The number of carbonyl (C=O) groups is 2. The highest BCUT2D eigenvalue weighted by molar-refractivity contribution is 5.81. The zero-order chi connectivity index (χ0) is 13.7. The average molecular weight is 262 g/mol. The van der Waals surface area contributed by atoms with Gasteiger partial charge in [0.15, 0.2) is 6.61 Å². The Labute approximate surface area is 112 Å². The van der Waals surface area contributed by atoms with Gasteiger partial charge in [0, 0.05) is 12.2 Å². The minimum Gasteiger partial charge on any atom is -0.455 e. The lowest BCUT2D eigenvalue weighted by atomic mass is 10.1. The van der Waals surface area contributed by atoms with Gasteiger partial charge in [-0.1, -0.05) is 12.1 Å². The molecule has 0 spiro atoms. The zero-order valence-electron chi connectivity index (χ0n) is 10.7. The van der Waals surface area contributed by atoms with Crippen molar-refractivity contribution in [1.82, 2.24) is 5.32 Å². The Bertz CT molecular complexity index is 452. The molecular formula is C14H18N2O3. The topological polar surface area (TPSA) is 81.4 Å². The van der Waals surface area contributed by atoms with Gasteiger partial charge in [-0.2, -0.15) is 0 Å². The molecule has 19 heavy (non-hydrogen) atoms. The molecule has 0 aromatic heterocycles.